The van der Waals surface area contributed by atoms with E-state index in [1.807, 2.05) is 30.3 Å². The van der Waals surface area contributed by atoms with Gasteiger partial charge in [-0.2, -0.15) is 0 Å². The Morgan fingerprint density at radius 3 is 2.12 bits per heavy atom. The van der Waals surface area contributed by atoms with E-state index in [0.29, 0.717) is 24.2 Å². The van der Waals surface area contributed by atoms with Gasteiger partial charge >= 0.3 is 0 Å². The van der Waals surface area contributed by atoms with E-state index in [1.54, 1.807) is 13.0 Å². The molecular formula is C35H47F2NO3. The van der Waals surface area contributed by atoms with Gasteiger partial charge in [0.2, 0.25) is 5.92 Å². The molecule has 3 fully saturated rings. The highest BCUT2D eigenvalue weighted by molar-refractivity contribution is 6.05. The van der Waals surface area contributed by atoms with E-state index in [4.69, 9.17) is 4.74 Å². The summed E-state index contributed by atoms with van der Waals surface area (Å²) >= 11 is 0. The monoisotopic (exact) mass is 567 g/mol. The molecule has 224 valence electrons. The molecule has 1 amide bonds. The molecule has 3 saturated carbocycles. The van der Waals surface area contributed by atoms with Crippen LogP contribution in [-0.2, 0) is 4.79 Å². The first-order valence-corrected chi connectivity index (χ1v) is 15.4. The molecule has 3 unspecified atom stereocenters. The van der Waals surface area contributed by atoms with Crippen LogP contribution in [0.2, 0.25) is 0 Å². The molecule has 4 nitrogen and oxygen atoms in total. The smallest absolute Gasteiger partial charge is 0.255 e. The lowest BCUT2D eigenvalue weighted by atomic mass is 9.44. The Bertz CT molecular complexity index is 1300. The molecule has 2 aromatic carbocycles. The number of rotatable bonds is 7. The van der Waals surface area contributed by atoms with Gasteiger partial charge in [0.15, 0.2) is 5.78 Å². The van der Waals surface area contributed by atoms with Crippen molar-refractivity contribution in [2.75, 3.05) is 6.61 Å². The van der Waals surface area contributed by atoms with Crippen LogP contribution < -0.4 is 10.1 Å². The van der Waals surface area contributed by atoms with Crippen molar-refractivity contribution in [1.82, 2.24) is 5.32 Å². The third-order valence-corrected chi connectivity index (χ3v) is 10.1. The molecule has 0 spiro atoms. The maximum absolute atomic E-state index is 14.0. The van der Waals surface area contributed by atoms with E-state index in [1.165, 1.54) is 0 Å². The van der Waals surface area contributed by atoms with Crippen molar-refractivity contribution in [2.24, 2.45) is 27.6 Å². The molecule has 2 bridgehead atoms. The summed E-state index contributed by atoms with van der Waals surface area (Å²) in [6, 6.07) is 10.8. The van der Waals surface area contributed by atoms with Gasteiger partial charge in [0, 0.05) is 18.2 Å². The number of amides is 1. The molecule has 1 N–H and O–H groups in total. The van der Waals surface area contributed by atoms with Crippen molar-refractivity contribution >= 4 is 22.5 Å². The molecule has 3 atom stereocenters. The lowest BCUT2D eigenvalue weighted by molar-refractivity contribution is -0.133. The lowest BCUT2D eigenvalue weighted by Crippen LogP contribution is -2.59. The number of hydrogen-bond donors (Lipinski definition) is 1. The lowest BCUT2D eigenvalue weighted by Gasteiger charge is -2.62. The summed E-state index contributed by atoms with van der Waals surface area (Å²) in [5, 5.41) is 4.92. The fraction of sp³-hybridized carbons (Fsp3) is 0.657. The van der Waals surface area contributed by atoms with Crippen LogP contribution in [0.1, 0.15) is 110 Å². The average molecular weight is 568 g/mol. The van der Waals surface area contributed by atoms with Gasteiger partial charge in [-0.05, 0) is 90.9 Å². The van der Waals surface area contributed by atoms with Gasteiger partial charge in [0.1, 0.15) is 5.75 Å². The number of ketones is 1. The third kappa shape index (κ3) is 6.32. The van der Waals surface area contributed by atoms with Crippen LogP contribution in [0.15, 0.2) is 36.4 Å². The first-order valence-electron chi connectivity index (χ1n) is 15.4. The van der Waals surface area contributed by atoms with E-state index in [9.17, 15) is 18.4 Å². The highest BCUT2D eigenvalue weighted by atomic mass is 19.3. The number of fused-ring (bicyclic) bond motifs is 3. The van der Waals surface area contributed by atoms with Gasteiger partial charge in [0.05, 0.1) is 18.2 Å². The zero-order valence-corrected chi connectivity index (χ0v) is 25.7. The Balaban J connectivity index is 1.42. The topological polar surface area (TPSA) is 55.4 Å². The number of carbonyl (C=O) groups excluding carboxylic acids is 2. The number of Topliss-reactive ketones (excluding diaryl/α,β-unsaturated/α-hetero) is 1. The Morgan fingerprint density at radius 1 is 0.902 bits per heavy atom. The Morgan fingerprint density at radius 2 is 1.51 bits per heavy atom. The highest BCUT2D eigenvalue weighted by Gasteiger charge is 2.58. The molecule has 0 saturated heterocycles. The Hall–Kier alpha value is -2.50. The molecule has 0 heterocycles. The standard InChI is InChI=1S/C35H47F2NO3/c1-23(39)29(34(6)21-32(4)18-31(2,3)19-33(5,20-32)22-34)38-30(40)27-12-11-25-9-7-8-10-26(25)28(27)41-17-24-13-15-35(36,37)16-14-24/h7-12,24,29H,13-22H2,1-6H3,(H,38,40). The van der Waals surface area contributed by atoms with Crippen molar-refractivity contribution in [2.45, 2.75) is 111 Å². The summed E-state index contributed by atoms with van der Waals surface area (Å²) in [5.74, 6) is -2.47. The van der Waals surface area contributed by atoms with Gasteiger partial charge in [-0.1, -0.05) is 65.0 Å². The molecule has 3 aliphatic carbocycles. The van der Waals surface area contributed by atoms with Crippen LogP contribution in [0.4, 0.5) is 8.78 Å². The fourth-order valence-electron chi connectivity index (χ4n) is 10.0. The van der Waals surface area contributed by atoms with Gasteiger partial charge in [0.25, 0.3) is 5.91 Å². The predicted molar refractivity (Wildman–Crippen MR) is 159 cm³/mol. The summed E-state index contributed by atoms with van der Waals surface area (Å²) in [6.45, 7) is 13.5. The van der Waals surface area contributed by atoms with E-state index in [-0.39, 0.29) is 58.7 Å². The minimum atomic E-state index is -2.60. The van der Waals surface area contributed by atoms with E-state index < -0.39 is 12.0 Å². The number of alkyl halides is 2. The summed E-state index contributed by atoms with van der Waals surface area (Å²) in [7, 11) is 0. The van der Waals surface area contributed by atoms with Crippen LogP contribution in [-0.4, -0.2) is 30.3 Å². The van der Waals surface area contributed by atoms with Gasteiger partial charge in [-0.25, -0.2) is 8.78 Å². The van der Waals surface area contributed by atoms with Crippen molar-refractivity contribution in [1.29, 1.82) is 0 Å². The first-order chi connectivity index (χ1) is 19.0. The molecule has 0 radical (unpaired) electrons. The largest absolute Gasteiger partial charge is 0.492 e. The number of halogens is 2. The Labute approximate surface area is 244 Å². The fourth-order valence-corrected chi connectivity index (χ4v) is 10.0. The number of hydrogen-bond acceptors (Lipinski definition) is 3. The van der Waals surface area contributed by atoms with Crippen molar-refractivity contribution < 1.29 is 23.1 Å². The zero-order chi connectivity index (χ0) is 29.8. The first kappa shape index (κ1) is 30.0. The van der Waals surface area contributed by atoms with E-state index >= 15 is 0 Å². The summed E-state index contributed by atoms with van der Waals surface area (Å²) < 4.78 is 33.8. The number of benzene rings is 2. The summed E-state index contributed by atoms with van der Waals surface area (Å²) in [5.41, 5.74) is 0.481. The minimum absolute atomic E-state index is 0.0146. The van der Waals surface area contributed by atoms with Crippen molar-refractivity contribution in [3.05, 3.63) is 42.0 Å². The van der Waals surface area contributed by atoms with Gasteiger partial charge < -0.3 is 10.1 Å². The summed E-state index contributed by atoms with van der Waals surface area (Å²) in [4.78, 5) is 27.3. The van der Waals surface area contributed by atoms with Crippen molar-refractivity contribution in [3.63, 3.8) is 0 Å². The quantitative estimate of drug-likeness (QED) is 0.364. The molecule has 2 aromatic rings. The molecular weight excluding hydrogens is 520 g/mol. The van der Waals surface area contributed by atoms with Crippen LogP contribution >= 0.6 is 0 Å². The maximum atomic E-state index is 14.0. The number of ether oxygens (including phenoxy) is 1. The second kappa shape index (κ2) is 10.3. The van der Waals surface area contributed by atoms with E-state index in [2.05, 4.69) is 39.9 Å². The molecule has 41 heavy (non-hydrogen) atoms. The van der Waals surface area contributed by atoms with Crippen LogP contribution in [0.5, 0.6) is 5.75 Å². The molecule has 6 heteroatoms. The molecule has 0 aliphatic heterocycles. The second-order valence-electron chi connectivity index (χ2n) is 15.6. The molecule has 0 aromatic heterocycles. The number of nitrogens with one attached hydrogen (secondary N) is 1. The van der Waals surface area contributed by atoms with Crippen LogP contribution in [0, 0.1) is 27.6 Å². The Kier molecular flexibility index (Phi) is 7.56. The SMILES string of the molecule is CC(=O)C(NC(=O)c1ccc2ccccc2c1OCC1CCC(F)(F)CC1)C1(C)CC2(C)CC(C)(C)CC(C)(C2)C1. The van der Waals surface area contributed by atoms with Crippen molar-refractivity contribution in [3.8, 4) is 5.75 Å². The molecule has 5 rings (SSSR count). The van der Waals surface area contributed by atoms with Gasteiger partial charge in [-0.15, -0.1) is 0 Å². The minimum Gasteiger partial charge on any atom is -0.492 e. The van der Waals surface area contributed by atoms with Crippen LogP contribution in [0.25, 0.3) is 10.8 Å². The predicted octanol–water partition coefficient (Wildman–Crippen LogP) is 8.75. The highest BCUT2D eigenvalue weighted by Crippen LogP contribution is 2.65. The number of carbonyl (C=O) groups is 2. The maximum Gasteiger partial charge on any atom is 0.255 e. The van der Waals surface area contributed by atoms with Gasteiger partial charge in [-0.3, -0.25) is 9.59 Å². The zero-order valence-electron chi connectivity index (χ0n) is 25.7. The third-order valence-electron chi connectivity index (χ3n) is 10.1. The molecule has 3 aliphatic rings. The van der Waals surface area contributed by atoms with Crippen LogP contribution in [0.3, 0.4) is 0 Å². The average Bonchev–Trinajstić information content (AvgIpc) is 2.83. The second-order valence-corrected chi connectivity index (χ2v) is 15.6. The normalized spacial score (nSPS) is 31.8. The summed E-state index contributed by atoms with van der Waals surface area (Å²) in [6.07, 6.45) is 5.69. The van der Waals surface area contributed by atoms with E-state index in [0.717, 1.165) is 42.9 Å².